The topological polar surface area (TPSA) is 72.3 Å². The number of hydrogen-bond acceptors (Lipinski definition) is 3. The van der Waals surface area contributed by atoms with Crippen molar-refractivity contribution in [3.63, 3.8) is 0 Å². The standard InChI is InChI=1S/C7H9NO.C5H13N.C3H8/c8-5-6-3-1-2-4-7(6)9;1-5(2)3-4-6;1-3-2/h1-4,9H,5,8H2;5H,3-4,6H2,1-2H3;3H2,1-2H3. The summed E-state index contributed by atoms with van der Waals surface area (Å²) < 4.78 is 0. The van der Waals surface area contributed by atoms with Crippen LogP contribution in [0.4, 0.5) is 0 Å². The molecule has 0 spiro atoms. The van der Waals surface area contributed by atoms with Gasteiger partial charge in [-0.1, -0.05) is 52.3 Å². The molecule has 0 aromatic heterocycles. The predicted molar refractivity (Wildman–Crippen MR) is 80.5 cm³/mol. The lowest BCUT2D eigenvalue weighted by molar-refractivity contribution is 0.468. The van der Waals surface area contributed by atoms with Crippen LogP contribution in [0.2, 0.25) is 0 Å². The average Bonchev–Trinajstić information content (AvgIpc) is 2.31. The molecule has 5 N–H and O–H groups in total. The van der Waals surface area contributed by atoms with Crippen LogP contribution in [0.25, 0.3) is 0 Å². The normalized spacial score (nSPS) is 9.06. The summed E-state index contributed by atoms with van der Waals surface area (Å²) in [5, 5.41) is 9.03. The molecule has 0 amide bonds. The molecule has 18 heavy (non-hydrogen) atoms. The number of nitrogens with two attached hydrogens (primary N) is 2. The van der Waals surface area contributed by atoms with E-state index < -0.39 is 0 Å². The van der Waals surface area contributed by atoms with E-state index in [0.717, 1.165) is 24.4 Å². The minimum Gasteiger partial charge on any atom is -0.508 e. The first-order chi connectivity index (χ1) is 8.53. The molecule has 0 atom stereocenters. The second-order valence-corrected chi connectivity index (χ2v) is 4.51. The molecule has 0 fully saturated rings. The summed E-state index contributed by atoms with van der Waals surface area (Å²) in [6.45, 7) is 9.82. The van der Waals surface area contributed by atoms with Gasteiger partial charge in [0.15, 0.2) is 0 Å². The molecule has 0 aliphatic heterocycles. The van der Waals surface area contributed by atoms with Crippen LogP contribution in [-0.4, -0.2) is 11.7 Å². The molecule has 0 bridgehead atoms. The van der Waals surface area contributed by atoms with Crippen molar-refractivity contribution >= 4 is 0 Å². The molecular formula is C15H30N2O. The van der Waals surface area contributed by atoms with Gasteiger partial charge >= 0.3 is 0 Å². The van der Waals surface area contributed by atoms with Crippen molar-refractivity contribution in [1.82, 2.24) is 0 Å². The summed E-state index contributed by atoms with van der Waals surface area (Å²) in [5.74, 6) is 1.05. The summed E-state index contributed by atoms with van der Waals surface area (Å²) in [6, 6.07) is 7.05. The molecular weight excluding hydrogens is 224 g/mol. The molecule has 1 rings (SSSR count). The van der Waals surface area contributed by atoms with Crippen molar-refractivity contribution in [1.29, 1.82) is 0 Å². The van der Waals surface area contributed by atoms with E-state index in [0.29, 0.717) is 6.54 Å². The molecule has 0 saturated heterocycles. The van der Waals surface area contributed by atoms with Crippen molar-refractivity contribution < 1.29 is 5.11 Å². The van der Waals surface area contributed by atoms with E-state index in [1.165, 1.54) is 6.42 Å². The third-order valence-electron chi connectivity index (χ3n) is 1.96. The second-order valence-electron chi connectivity index (χ2n) is 4.51. The molecule has 3 heteroatoms. The Morgan fingerprint density at radius 1 is 1.11 bits per heavy atom. The Morgan fingerprint density at radius 2 is 1.61 bits per heavy atom. The van der Waals surface area contributed by atoms with E-state index in [9.17, 15) is 0 Å². The molecule has 3 nitrogen and oxygen atoms in total. The minimum absolute atomic E-state index is 0.278. The van der Waals surface area contributed by atoms with Gasteiger partial charge in [0.2, 0.25) is 0 Å². The first-order valence-electron chi connectivity index (χ1n) is 6.70. The summed E-state index contributed by atoms with van der Waals surface area (Å²) in [6.07, 6.45) is 2.40. The van der Waals surface area contributed by atoms with E-state index in [4.69, 9.17) is 16.6 Å². The monoisotopic (exact) mass is 254 g/mol. The van der Waals surface area contributed by atoms with Gasteiger partial charge < -0.3 is 16.6 Å². The van der Waals surface area contributed by atoms with Crippen molar-refractivity contribution in [2.75, 3.05) is 6.54 Å². The van der Waals surface area contributed by atoms with Gasteiger partial charge in [0.05, 0.1) is 0 Å². The number of phenols is 1. The molecule has 0 radical (unpaired) electrons. The van der Waals surface area contributed by atoms with Gasteiger partial charge in [-0.2, -0.15) is 0 Å². The van der Waals surface area contributed by atoms with Crippen LogP contribution in [0.5, 0.6) is 5.75 Å². The molecule has 0 aliphatic carbocycles. The zero-order valence-electron chi connectivity index (χ0n) is 12.3. The Balaban J connectivity index is 0. The van der Waals surface area contributed by atoms with Crippen LogP contribution in [0.3, 0.4) is 0 Å². The van der Waals surface area contributed by atoms with Crippen LogP contribution in [0.1, 0.15) is 46.1 Å². The third-order valence-corrected chi connectivity index (χ3v) is 1.96. The fraction of sp³-hybridized carbons (Fsp3) is 0.600. The highest BCUT2D eigenvalue weighted by molar-refractivity contribution is 5.31. The fourth-order valence-corrected chi connectivity index (χ4v) is 1.02. The molecule has 0 unspecified atom stereocenters. The summed E-state index contributed by atoms with van der Waals surface area (Å²) in [4.78, 5) is 0. The van der Waals surface area contributed by atoms with Crippen molar-refractivity contribution in [3.05, 3.63) is 29.8 Å². The Bertz CT molecular complexity index is 275. The fourth-order valence-electron chi connectivity index (χ4n) is 1.02. The number of benzene rings is 1. The highest BCUT2D eigenvalue weighted by Crippen LogP contribution is 2.13. The first kappa shape index (κ1) is 19.3. The smallest absolute Gasteiger partial charge is 0.120 e. The largest absolute Gasteiger partial charge is 0.508 e. The summed E-state index contributed by atoms with van der Waals surface area (Å²) >= 11 is 0. The lowest BCUT2D eigenvalue weighted by Gasteiger charge is -1.97. The zero-order valence-corrected chi connectivity index (χ0v) is 12.3. The molecule has 1 aromatic rings. The van der Waals surface area contributed by atoms with Crippen LogP contribution >= 0.6 is 0 Å². The van der Waals surface area contributed by atoms with E-state index >= 15 is 0 Å². The van der Waals surface area contributed by atoms with E-state index in [2.05, 4.69) is 27.7 Å². The predicted octanol–water partition coefficient (Wildman–Crippen LogP) is 3.26. The SMILES string of the molecule is CC(C)CCN.CCC.NCc1ccccc1O. The maximum atomic E-state index is 9.03. The lowest BCUT2D eigenvalue weighted by atomic mass is 10.1. The highest BCUT2D eigenvalue weighted by atomic mass is 16.3. The van der Waals surface area contributed by atoms with Gasteiger partial charge in [0.25, 0.3) is 0 Å². The van der Waals surface area contributed by atoms with Gasteiger partial charge in [-0.25, -0.2) is 0 Å². The van der Waals surface area contributed by atoms with Crippen LogP contribution in [0.15, 0.2) is 24.3 Å². The number of hydrogen-bond donors (Lipinski definition) is 3. The van der Waals surface area contributed by atoms with Gasteiger partial charge in [0.1, 0.15) is 5.75 Å². The minimum atomic E-state index is 0.278. The molecule has 0 aliphatic rings. The number of aromatic hydroxyl groups is 1. The lowest BCUT2D eigenvalue weighted by Crippen LogP contribution is -2.01. The average molecular weight is 254 g/mol. The van der Waals surface area contributed by atoms with Crippen LogP contribution < -0.4 is 11.5 Å². The Labute approximate surface area is 112 Å². The quantitative estimate of drug-likeness (QED) is 0.775. The maximum absolute atomic E-state index is 9.03. The van der Waals surface area contributed by atoms with Gasteiger partial charge in [-0.15, -0.1) is 0 Å². The summed E-state index contributed by atoms with van der Waals surface area (Å²) in [5.41, 5.74) is 11.3. The Hall–Kier alpha value is -1.06. The molecule has 0 saturated carbocycles. The van der Waals surface area contributed by atoms with Gasteiger partial charge in [0, 0.05) is 12.1 Å². The number of para-hydroxylation sites is 1. The van der Waals surface area contributed by atoms with Crippen molar-refractivity contribution in [3.8, 4) is 5.75 Å². The maximum Gasteiger partial charge on any atom is 0.120 e. The van der Waals surface area contributed by atoms with E-state index in [1.807, 2.05) is 6.07 Å². The van der Waals surface area contributed by atoms with Crippen LogP contribution in [-0.2, 0) is 6.54 Å². The Kier molecular flexibility index (Phi) is 15.0. The second kappa shape index (κ2) is 14.0. The van der Waals surface area contributed by atoms with E-state index in [-0.39, 0.29) is 5.75 Å². The third kappa shape index (κ3) is 13.0. The van der Waals surface area contributed by atoms with E-state index in [1.54, 1.807) is 18.2 Å². The van der Waals surface area contributed by atoms with Crippen molar-refractivity contribution in [2.24, 2.45) is 17.4 Å². The first-order valence-corrected chi connectivity index (χ1v) is 6.70. The van der Waals surface area contributed by atoms with Gasteiger partial charge in [-0.05, 0) is 24.9 Å². The highest BCUT2D eigenvalue weighted by Gasteiger charge is 1.92. The molecule has 1 aromatic carbocycles. The van der Waals surface area contributed by atoms with Gasteiger partial charge in [-0.3, -0.25) is 0 Å². The number of rotatable bonds is 3. The van der Waals surface area contributed by atoms with Crippen molar-refractivity contribution in [2.45, 2.75) is 47.1 Å². The molecule has 0 heterocycles. The molecule has 106 valence electrons. The summed E-state index contributed by atoms with van der Waals surface area (Å²) in [7, 11) is 0. The van der Waals surface area contributed by atoms with Crippen LogP contribution in [0, 0.1) is 5.92 Å². The number of phenolic OH excluding ortho intramolecular Hbond substituents is 1. The Morgan fingerprint density at radius 3 is 1.83 bits per heavy atom. The zero-order chi connectivity index (χ0) is 14.4.